The molecule has 12 heteroatoms. The summed E-state index contributed by atoms with van der Waals surface area (Å²) >= 11 is 2.74. The minimum atomic E-state index is -0.672. The van der Waals surface area contributed by atoms with Crippen LogP contribution in [-0.4, -0.2) is 36.0 Å². The monoisotopic (exact) mass is 472 g/mol. The molecule has 0 aliphatic rings. The number of benzene rings is 1. The molecular formula is C20H17FN6O3S2. The molecule has 0 fully saturated rings. The van der Waals surface area contributed by atoms with Gasteiger partial charge in [0, 0.05) is 6.20 Å². The van der Waals surface area contributed by atoms with E-state index in [-0.39, 0.29) is 24.1 Å². The molecule has 4 aromatic rings. The molecule has 3 heterocycles. The van der Waals surface area contributed by atoms with E-state index >= 15 is 0 Å². The Morgan fingerprint density at radius 3 is 2.69 bits per heavy atom. The smallest absolute Gasteiger partial charge is 0.299 e. The van der Waals surface area contributed by atoms with Crippen molar-refractivity contribution in [1.82, 2.24) is 24.3 Å². The highest BCUT2D eigenvalue weighted by Gasteiger charge is 2.17. The number of amides is 1. The SMILES string of the molecule is CCSc1nnc(NC(=O)Cn2c(=O)n(Cc3ccc(F)cc3)c(=O)c3ncccc32)s1. The lowest BCUT2D eigenvalue weighted by Gasteiger charge is -2.13. The number of halogens is 1. The Morgan fingerprint density at radius 2 is 1.94 bits per heavy atom. The van der Waals surface area contributed by atoms with Crippen LogP contribution in [0.4, 0.5) is 9.52 Å². The Labute approximate surface area is 189 Å². The largest absolute Gasteiger partial charge is 0.332 e. The molecule has 0 spiro atoms. The molecule has 0 aliphatic heterocycles. The molecule has 0 aliphatic carbocycles. The van der Waals surface area contributed by atoms with Crippen LogP contribution < -0.4 is 16.6 Å². The second kappa shape index (κ2) is 9.40. The second-order valence-electron chi connectivity index (χ2n) is 6.61. The minimum Gasteiger partial charge on any atom is -0.299 e. The molecule has 0 saturated carbocycles. The normalized spacial score (nSPS) is 11.1. The number of hydrogen-bond donors (Lipinski definition) is 1. The van der Waals surface area contributed by atoms with E-state index in [9.17, 15) is 18.8 Å². The highest BCUT2D eigenvalue weighted by atomic mass is 32.2. The Kier molecular flexibility index (Phi) is 6.42. The standard InChI is InChI=1S/C20H17FN6O3S2/c1-2-31-19-25-24-18(32-19)23-15(28)11-26-14-4-3-9-22-16(14)17(29)27(20(26)30)10-12-5-7-13(21)8-6-12/h3-9H,2,10-11H2,1H3,(H,23,24,28). The third-order valence-corrected chi connectivity index (χ3v) is 6.32. The lowest BCUT2D eigenvalue weighted by atomic mass is 10.2. The summed E-state index contributed by atoms with van der Waals surface area (Å²) in [6.07, 6.45) is 1.44. The Hall–Kier alpha value is -3.38. The molecule has 1 aromatic carbocycles. The van der Waals surface area contributed by atoms with Gasteiger partial charge in [0.15, 0.2) is 9.86 Å². The summed E-state index contributed by atoms with van der Waals surface area (Å²) in [6.45, 7) is 1.55. The molecular weight excluding hydrogens is 455 g/mol. The van der Waals surface area contributed by atoms with Gasteiger partial charge >= 0.3 is 5.69 Å². The fourth-order valence-electron chi connectivity index (χ4n) is 3.05. The number of carbonyl (C=O) groups excluding carboxylic acids is 1. The van der Waals surface area contributed by atoms with Crippen molar-refractivity contribution in [3.63, 3.8) is 0 Å². The van der Waals surface area contributed by atoms with Crippen LogP contribution in [0.25, 0.3) is 11.0 Å². The molecule has 164 valence electrons. The molecule has 0 saturated heterocycles. The average molecular weight is 473 g/mol. The van der Waals surface area contributed by atoms with Crippen LogP contribution in [0.1, 0.15) is 12.5 Å². The Morgan fingerprint density at radius 1 is 1.16 bits per heavy atom. The zero-order valence-electron chi connectivity index (χ0n) is 16.8. The third kappa shape index (κ3) is 4.60. The van der Waals surface area contributed by atoms with Gasteiger partial charge in [0.05, 0.1) is 12.1 Å². The van der Waals surface area contributed by atoms with E-state index in [0.717, 1.165) is 14.7 Å². The Bertz CT molecular complexity index is 1400. The van der Waals surface area contributed by atoms with Crippen molar-refractivity contribution >= 4 is 45.2 Å². The van der Waals surface area contributed by atoms with Crippen molar-refractivity contribution in [2.45, 2.75) is 24.4 Å². The lowest BCUT2D eigenvalue weighted by Crippen LogP contribution is -2.42. The van der Waals surface area contributed by atoms with Crippen molar-refractivity contribution in [2.24, 2.45) is 0 Å². The summed E-state index contributed by atoms with van der Waals surface area (Å²) < 4.78 is 16.1. The molecule has 0 radical (unpaired) electrons. The number of pyridine rings is 1. The second-order valence-corrected chi connectivity index (χ2v) is 9.10. The number of carbonyl (C=O) groups is 1. The Balaban J connectivity index is 1.69. The predicted octanol–water partition coefficient (Wildman–Crippen LogP) is 2.35. The van der Waals surface area contributed by atoms with Gasteiger partial charge in [-0.2, -0.15) is 0 Å². The van der Waals surface area contributed by atoms with Crippen molar-refractivity contribution in [3.05, 3.63) is 74.8 Å². The maximum Gasteiger partial charge on any atom is 0.332 e. The lowest BCUT2D eigenvalue weighted by molar-refractivity contribution is -0.116. The predicted molar refractivity (Wildman–Crippen MR) is 121 cm³/mol. The molecule has 32 heavy (non-hydrogen) atoms. The van der Waals surface area contributed by atoms with E-state index in [0.29, 0.717) is 10.7 Å². The number of anilines is 1. The quantitative estimate of drug-likeness (QED) is 0.325. The minimum absolute atomic E-state index is 0.0551. The first-order valence-electron chi connectivity index (χ1n) is 9.55. The molecule has 0 bridgehead atoms. The fraction of sp³-hybridized carbons (Fsp3) is 0.200. The molecule has 1 amide bonds. The van der Waals surface area contributed by atoms with Gasteiger partial charge in [0.25, 0.3) is 5.56 Å². The molecule has 0 unspecified atom stereocenters. The summed E-state index contributed by atoms with van der Waals surface area (Å²) in [7, 11) is 0. The number of fused-ring (bicyclic) bond motifs is 1. The van der Waals surface area contributed by atoms with E-state index in [1.54, 1.807) is 12.1 Å². The highest BCUT2D eigenvalue weighted by molar-refractivity contribution is 8.01. The van der Waals surface area contributed by atoms with Gasteiger partial charge in [-0.15, -0.1) is 10.2 Å². The summed E-state index contributed by atoms with van der Waals surface area (Å²) in [4.78, 5) is 42.8. The molecule has 9 nitrogen and oxygen atoms in total. The number of nitrogens with zero attached hydrogens (tertiary/aromatic N) is 5. The van der Waals surface area contributed by atoms with Crippen LogP contribution in [0.15, 0.2) is 56.5 Å². The topological polar surface area (TPSA) is 112 Å². The number of aromatic nitrogens is 5. The summed E-state index contributed by atoms with van der Waals surface area (Å²) in [5.74, 6) is -0.0898. The molecule has 1 N–H and O–H groups in total. The first-order valence-corrected chi connectivity index (χ1v) is 11.4. The van der Waals surface area contributed by atoms with Crippen molar-refractivity contribution < 1.29 is 9.18 Å². The summed E-state index contributed by atoms with van der Waals surface area (Å²) in [6, 6.07) is 8.61. The summed E-state index contributed by atoms with van der Waals surface area (Å²) in [5, 5.41) is 10.9. The van der Waals surface area contributed by atoms with Gasteiger partial charge in [0.2, 0.25) is 11.0 Å². The number of nitrogens with one attached hydrogen (secondary N) is 1. The van der Waals surface area contributed by atoms with Gasteiger partial charge in [-0.05, 0) is 35.6 Å². The van der Waals surface area contributed by atoms with Crippen molar-refractivity contribution in [3.8, 4) is 0 Å². The van der Waals surface area contributed by atoms with E-state index in [1.165, 1.54) is 58.1 Å². The maximum atomic E-state index is 13.2. The van der Waals surface area contributed by atoms with Gasteiger partial charge in [-0.1, -0.05) is 42.2 Å². The van der Waals surface area contributed by atoms with E-state index in [2.05, 4.69) is 20.5 Å². The number of rotatable bonds is 7. The molecule has 3 aromatic heterocycles. The first-order chi connectivity index (χ1) is 15.5. The van der Waals surface area contributed by atoms with Crippen LogP contribution in [0.2, 0.25) is 0 Å². The van der Waals surface area contributed by atoms with Gasteiger partial charge < -0.3 is 0 Å². The van der Waals surface area contributed by atoms with Crippen LogP contribution in [0, 0.1) is 5.82 Å². The zero-order valence-corrected chi connectivity index (χ0v) is 18.5. The van der Waals surface area contributed by atoms with Gasteiger partial charge in [-0.25, -0.2) is 14.2 Å². The summed E-state index contributed by atoms with van der Waals surface area (Å²) in [5.41, 5.74) is -0.398. The van der Waals surface area contributed by atoms with E-state index in [1.807, 2.05) is 6.92 Å². The van der Waals surface area contributed by atoms with Crippen LogP contribution in [-0.2, 0) is 17.9 Å². The van der Waals surface area contributed by atoms with Gasteiger partial charge in [-0.3, -0.25) is 24.0 Å². The first kappa shape index (κ1) is 21.8. The van der Waals surface area contributed by atoms with Crippen LogP contribution >= 0.6 is 23.1 Å². The van der Waals surface area contributed by atoms with Gasteiger partial charge in [0.1, 0.15) is 12.4 Å². The highest BCUT2D eigenvalue weighted by Crippen LogP contribution is 2.24. The third-order valence-electron chi connectivity index (χ3n) is 4.46. The average Bonchev–Trinajstić information content (AvgIpc) is 3.22. The molecule has 4 rings (SSSR count). The molecule has 0 atom stereocenters. The zero-order chi connectivity index (χ0) is 22.7. The van der Waals surface area contributed by atoms with Crippen LogP contribution in [0.5, 0.6) is 0 Å². The van der Waals surface area contributed by atoms with Crippen molar-refractivity contribution in [1.29, 1.82) is 0 Å². The fourth-order valence-corrected chi connectivity index (χ4v) is 4.72. The van der Waals surface area contributed by atoms with Crippen LogP contribution in [0.3, 0.4) is 0 Å². The number of hydrogen-bond acceptors (Lipinski definition) is 8. The van der Waals surface area contributed by atoms with E-state index in [4.69, 9.17) is 0 Å². The number of thioether (sulfide) groups is 1. The maximum absolute atomic E-state index is 13.2. The van der Waals surface area contributed by atoms with Crippen molar-refractivity contribution in [2.75, 3.05) is 11.1 Å². The van der Waals surface area contributed by atoms with E-state index < -0.39 is 23.0 Å².